The van der Waals surface area contributed by atoms with Crippen LogP contribution in [0.2, 0.25) is 0 Å². The van der Waals surface area contributed by atoms with E-state index in [1.807, 2.05) is 13.0 Å². The first-order valence-corrected chi connectivity index (χ1v) is 6.52. The van der Waals surface area contributed by atoms with E-state index in [4.69, 9.17) is 10.2 Å². The van der Waals surface area contributed by atoms with Crippen molar-refractivity contribution in [2.75, 3.05) is 0 Å². The molecule has 1 aliphatic rings. The monoisotopic (exact) mass is 221 g/mol. The number of aryl methyl sites for hydroxylation is 1. The van der Waals surface area contributed by atoms with Crippen molar-refractivity contribution in [1.82, 2.24) is 0 Å². The van der Waals surface area contributed by atoms with E-state index in [9.17, 15) is 0 Å². The lowest BCUT2D eigenvalue weighted by Crippen LogP contribution is -2.26. The molecule has 0 aromatic carbocycles. The quantitative estimate of drug-likeness (QED) is 0.843. The van der Waals surface area contributed by atoms with Crippen LogP contribution in [0.1, 0.15) is 56.4 Å². The van der Waals surface area contributed by atoms with Gasteiger partial charge < -0.3 is 10.2 Å². The van der Waals surface area contributed by atoms with Crippen LogP contribution in [-0.4, -0.2) is 0 Å². The van der Waals surface area contributed by atoms with Gasteiger partial charge in [-0.2, -0.15) is 0 Å². The molecule has 0 radical (unpaired) electrons. The van der Waals surface area contributed by atoms with Crippen LogP contribution in [0.3, 0.4) is 0 Å². The van der Waals surface area contributed by atoms with Crippen molar-refractivity contribution >= 4 is 0 Å². The van der Waals surface area contributed by atoms with Crippen molar-refractivity contribution in [1.29, 1.82) is 0 Å². The molecular formula is C14H23NO. The maximum Gasteiger partial charge on any atom is 0.105 e. The number of hydrogen-bond donors (Lipinski definition) is 1. The second-order valence-electron chi connectivity index (χ2n) is 5.15. The molecular weight excluding hydrogens is 198 g/mol. The van der Waals surface area contributed by atoms with E-state index in [1.165, 1.54) is 37.7 Å². The van der Waals surface area contributed by atoms with Crippen molar-refractivity contribution in [2.24, 2.45) is 17.6 Å². The van der Waals surface area contributed by atoms with Crippen molar-refractivity contribution < 1.29 is 4.42 Å². The minimum Gasteiger partial charge on any atom is -0.469 e. The molecule has 1 atom stereocenters. The summed E-state index contributed by atoms with van der Waals surface area (Å²) >= 11 is 0. The summed E-state index contributed by atoms with van der Waals surface area (Å²) in [5.74, 6) is 2.58. The third-order valence-corrected chi connectivity index (χ3v) is 4.23. The van der Waals surface area contributed by atoms with E-state index in [-0.39, 0.29) is 6.04 Å². The molecule has 0 bridgehead atoms. The van der Waals surface area contributed by atoms with Crippen LogP contribution in [0.4, 0.5) is 0 Å². The van der Waals surface area contributed by atoms with E-state index in [1.54, 1.807) is 6.26 Å². The van der Waals surface area contributed by atoms with Crippen LogP contribution < -0.4 is 5.73 Å². The first kappa shape index (κ1) is 11.7. The topological polar surface area (TPSA) is 39.2 Å². The predicted octanol–water partition coefficient (Wildman–Crippen LogP) is 3.80. The molecule has 1 aromatic heterocycles. The average Bonchev–Trinajstić information content (AvgIpc) is 2.75. The van der Waals surface area contributed by atoms with Gasteiger partial charge in [0.15, 0.2) is 0 Å². The Labute approximate surface area is 98.2 Å². The predicted molar refractivity (Wildman–Crippen MR) is 66.1 cm³/mol. The summed E-state index contributed by atoms with van der Waals surface area (Å²) in [5.41, 5.74) is 7.55. The van der Waals surface area contributed by atoms with E-state index in [0.29, 0.717) is 5.92 Å². The average molecular weight is 221 g/mol. The highest BCUT2D eigenvalue weighted by molar-refractivity contribution is 5.20. The first-order valence-electron chi connectivity index (χ1n) is 6.52. The van der Waals surface area contributed by atoms with Gasteiger partial charge in [-0.25, -0.2) is 0 Å². The third-order valence-electron chi connectivity index (χ3n) is 4.23. The van der Waals surface area contributed by atoms with Crippen molar-refractivity contribution in [3.8, 4) is 0 Å². The van der Waals surface area contributed by atoms with E-state index < -0.39 is 0 Å². The van der Waals surface area contributed by atoms with Crippen LogP contribution in [0.25, 0.3) is 0 Å². The molecule has 0 aliphatic heterocycles. The fraction of sp³-hybridized carbons (Fsp3) is 0.714. The number of hydrogen-bond acceptors (Lipinski definition) is 2. The molecule has 1 fully saturated rings. The zero-order valence-corrected chi connectivity index (χ0v) is 10.4. The zero-order valence-electron chi connectivity index (χ0n) is 10.4. The van der Waals surface area contributed by atoms with Gasteiger partial charge in [-0.1, -0.05) is 26.2 Å². The van der Waals surface area contributed by atoms with E-state index in [2.05, 4.69) is 6.92 Å². The van der Waals surface area contributed by atoms with Crippen LogP contribution in [0.15, 0.2) is 16.7 Å². The fourth-order valence-corrected chi connectivity index (χ4v) is 2.95. The number of rotatable bonds is 3. The SMILES string of the molecule is CCC1CCC(C(N)c2ccoc2C)CC1. The Balaban J connectivity index is 1.97. The second kappa shape index (κ2) is 5.05. The van der Waals surface area contributed by atoms with Gasteiger partial charge in [-0.05, 0) is 37.7 Å². The highest BCUT2D eigenvalue weighted by atomic mass is 16.3. The Hall–Kier alpha value is -0.760. The second-order valence-corrected chi connectivity index (χ2v) is 5.15. The molecule has 2 rings (SSSR count). The summed E-state index contributed by atoms with van der Waals surface area (Å²) in [7, 11) is 0. The van der Waals surface area contributed by atoms with E-state index >= 15 is 0 Å². The Morgan fingerprint density at radius 3 is 2.56 bits per heavy atom. The highest BCUT2D eigenvalue weighted by Gasteiger charge is 2.27. The molecule has 1 unspecified atom stereocenters. The first-order chi connectivity index (χ1) is 7.72. The smallest absolute Gasteiger partial charge is 0.105 e. The Morgan fingerprint density at radius 1 is 1.38 bits per heavy atom. The summed E-state index contributed by atoms with van der Waals surface area (Å²) in [6.07, 6.45) is 8.35. The molecule has 1 saturated carbocycles. The summed E-state index contributed by atoms with van der Waals surface area (Å²) in [4.78, 5) is 0. The largest absolute Gasteiger partial charge is 0.469 e. The summed E-state index contributed by atoms with van der Waals surface area (Å²) in [6, 6.07) is 2.21. The van der Waals surface area contributed by atoms with Gasteiger partial charge in [-0.3, -0.25) is 0 Å². The molecule has 16 heavy (non-hydrogen) atoms. The molecule has 0 saturated heterocycles. The zero-order chi connectivity index (χ0) is 11.5. The highest BCUT2D eigenvalue weighted by Crippen LogP contribution is 2.37. The van der Waals surface area contributed by atoms with Gasteiger partial charge in [0, 0.05) is 11.6 Å². The lowest BCUT2D eigenvalue weighted by atomic mass is 9.76. The normalized spacial score (nSPS) is 27.9. The van der Waals surface area contributed by atoms with Crippen LogP contribution in [0, 0.1) is 18.8 Å². The maximum atomic E-state index is 6.34. The number of nitrogens with two attached hydrogens (primary N) is 1. The fourth-order valence-electron chi connectivity index (χ4n) is 2.95. The molecule has 2 nitrogen and oxygen atoms in total. The Morgan fingerprint density at radius 2 is 2.06 bits per heavy atom. The summed E-state index contributed by atoms with van der Waals surface area (Å²) < 4.78 is 5.34. The number of furan rings is 1. The van der Waals surface area contributed by atoms with Crippen LogP contribution in [-0.2, 0) is 0 Å². The van der Waals surface area contributed by atoms with Crippen molar-refractivity contribution in [3.63, 3.8) is 0 Å². The minimum absolute atomic E-state index is 0.177. The standard InChI is InChI=1S/C14H23NO/c1-3-11-4-6-12(7-5-11)14(15)13-8-9-16-10(13)2/h8-9,11-12,14H,3-7,15H2,1-2H3. The minimum atomic E-state index is 0.177. The lowest BCUT2D eigenvalue weighted by Gasteiger charge is -2.31. The van der Waals surface area contributed by atoms with Gasteiger partial charge in [0.25, 0.3) is 0 Å². The van der Waals surface area contributed by atoms with Gasteiger partial charge in [0.2, 0.25) is 0 Å². The molecule has 1 aliphatic carbocycles. The summed E-state index contributed by atoms with van der Waals surface area (Å²) in [6.45, 7) is 4.30. The van der Waals surface area contributed by atoms with Crippen molar-refractivity contribution in [3.05, 3.63) is 23.7 Å². The third kappa shape index (κ3) is 2.32. The molecule has 0 spiro atoms. The molecule has 2 N–H and O–H groups in total. The molecule has 2 heteroatoms. The maximum absolute atomic E-state index is 6.34. The molecule has 1 heterocycles. The molecule has 0 amide bonds. The van der Waals surface area contributed by atoms with Gasteiger partial charge in [0.1, 0.15) is 5.76 Å². The lowest BCUT2D eigenvalue weighted by molar-refractivity contribution is 0.239. The van der Waals surface area contributed by atoms with Gasteiger partial charge >= 0.3 is 0 Å². The van der Waals surface area contributed by atoms with E-state index in [0.717, 1.165) is 11.7 Å². The summed E-state index contributed by atoms with van der Waals surface area (Å²) in [5, 5.41) is 0. The molecule has 1 aromatic rings. The van der Waals surface area contributed by atoms with Crippen LogP contribution >= 0.6 is 0 Å². The molecule has 90 valence electrons. The van der Waals surface area contributed by atoms with Gasteiger partial charge in [0.05, 0.1) is 6.26 Å². The van der Waals surface area contributed by atoms with Crippen LogP contribution in [0.5, 0.6) is 0 Å². The Kier molecular flexibility index (Phi) is 3.70. The Bertz CT molecular complexity index is 323. The van der Waals surface area contributed by atoms with Gasteiger partial charge in [-0.15, -0.1) is 0 Å². The van der Waals surface area contributed by atoms with Crippen molar-refractivity contribution in [2.45, 2.75) is 52.0 Å².